The molecule has 3 heterocycles. The summed E-state index contributed by atoms with van der Waals surface area (Å²) >= 11 is 1.79. The molecule has 4 rings (SSSR count). The quantitative estimate of drug-likeness (QED) is 0.839. The first-order valence-corrected chi connectivity index (χ1v) is 10.3. The summed E-state index contributed by atoms with van der Waals surface area (Å²) in [5.41, 5.74) is 3.03. The molecule has 2 aromatic rings. The van der Waals surface area contributed by atoms with Gasteiger partial charge in [-0.2, -0.15) is 11.3 Å². The maximum atomic E-state index is 4.46. The maximum Gasteiger partial charge on any atom is 0.0967 e. The van der Waals surface area contributed by atoms with Crippen molar-refractivity contribution >= 4 is 23.7 Å². The Hall–Kier alpha value is -0.950. The van der Waals surface area contributed by atoms with Gasteiger partial charge in [-0.1, -0.05) is 5.21 Å². The third-order valence-electron chi connectivity index (χ3n) is 5.75. The zero-order valence-electron chi connectivity index (χ0n) is 15.9. The van der Waals surface area contributed by atoms with E-state index in [9.17, 15) is 0 Å². The number of hydrogen-bond acceptors (Lipinski definition) is 5. The minimum Gasteiger partial charge on any atom is -0.317 e. The Labute approximate surface area is 166 Å². The van der Waals surface area contributed by atoms with Crippen molar-refractivity contribution in [3.63, 3.8) is 0 Å². The standard InChI is InChI=1S/C19H29N5S.ClH/c1-18(2,3)24-13-16(21-22-24)12-23(11-15-4-9-25-14-15)17-10-19(17)5-7-20-8-6-19;/h4,9,13-14,17,20H,5-8,10-12H2,1-3H3;1H. The third kappa shape index (κ3) is 4.14. The largest absolute Gasteiger partial charge is 0.317 e. The zero-order chi connectivity index (χ0) is 17.5. The van der Waals surface area contributed by atoms with Gasteiger partial charge in [0.2, 0.25) is 0 Å². The average molecular weight is 396 g/mol. The predicted octanol–water partition coefficient (Wildman–Crippen LogP) is 3.66. The molecule has 144 valence electrons. The fourth-order valence-electron chi connectivity index (χ4n) is 4.10. The molecule has 1 saturated heterocycles. The minimum atomic E-state index is -0.0146. The highest BCUT2D eigenvalue weighted by molar-refractivity contribution is 7.07. The summed E-state index contributed by atoms with van der Waals surface area (Å²) in [5, 5.41) is 16.8. The summed E-state index contributed by atoms with van der Waals surface area (Å²) in [4.78, 5) is 2.64. The summed E-state index contributed by atoms with van der Waals surface area (Å²) in [6.45, 7) is 10.8. The molecule has 7 heteroatoms. The van der Waals surface area contributed by atoms with Crippen molar-refractivity contribution in [1.29, 1.82) is 0 Å². The van der Waals surface area contributed by atoms with Gasteiger partial charge in [0.15, 0.2) is 0 Å². The van der Waals surface area contributed by atoms with E-state index in [1.165, 1.54) is 37.9 Å². The highest BCUT2D eigenvalue weighted by atomic mass is 35.5. The molecule has 1 atom stereocenters. The van der Waals surface area contributed by atoms with Crippen LogP contribution >= 0.6 is 23.7 Å². The summed E-state index contributed by atoms with van der Waals surface area (Å²) in [7, 11) is 0. The smallest absolute Gasteiger partial charge is 0.0967 e. The van der Waals surface area contributed by atoms with E-state index in [0.717, 1.165) is 18.8 Å². The van der Waals surface area contributed by atoms with Crippen LogP contribution in [0.25, 0.3) is 0 Å². The second kappa shape index (κ2) is 7.58. The van der Waals surface area contributed by atoms with Crippen LogP contribution in [0.2, 0.25) is 0 Å². The lowest BCUT2D eigenvalue weighted by Crippen LogP contribution is -2.35. The summed E-state index contributed by atoms with van der Waals surface area (Å²) in [5.74, 6) is 0. The van der Waals surface area contributed by atoms with Crippen molar-refractivity contribution in [3.05, 3.63) is 34.3 Å². The normalized spacial score (nSPS) is 21.8. The minimum absolute atomic E-state index is 0. The van der Waals surface area contributed by atoms with Crippen molar-refractivity contribution in [2.45, 2.75) is 64.7 Å². The molecule has 5 nitrogen and oxygen atoms in total. The Morgan fingerprint density at radius 3 is 2.69 bits per heavy atom. The van der Waals surface area contributed by atoms with Gasteiger partial charge in [-0.3, -0.25) is 4.90 Å². The Balaban J connectivity index is 0.00000196. The first-order valence-electron chi connectivity index (χ1n) is 9.34. The van der Waals surface area contributed by atoms with E-state index < -0.39 is 0 Å². The lowest BCUT2D eigenvalue weighted by atomic mass is 9.93. The molecule has 1 saturated carbocycles. The predicted molar refractivity (Wildman–Crippen MR) is 109 cm³/mol. The second-order valence-corrected chi connectivity index (χ2v) is 9.47. The van der Waals surface area contributed by atoms with Crippen LogP contribution in [0.15, 0.2) is 23.0 Å². The number of hydrogen-bond donors (Lipinski definition) is 1. The van der Waals surface area contributed by atoms with Crippen molar-refractivity contribution in [2.24, 2.45) is 5.41 Å². The van der Waals surface area contributed by atoms with Gasteiger partial charge in [-0.25, -0.2) is 4.68 Å². The van der Waals surface area contributed by atoms with Crippen LogP contribution in [0.5, 0.6) is 0 Å². The summed E-state index contributed by atoms with van der Waals surface area (Å²) in [6, 6.07) is 2.94. The zero-order valence-corrected chi connectivity index (χ0v) is 17.6. The number of nitrogens with zero attached hydrogens (tertiary/aromatic N) is 4. The molecule has 0 amide bonds. The van der Waals surface area contributed by atoms with Crippen LogP contribution < -0.4 is 5.32 Å². The molecule has 0 radical (unpaired) electrons. The van der Waals surface area contributed by atoms with E-state index in [4.69, 9.17) is 0 Å². The first-order chi connectivity index (χ1) is 12.0. The van der Waals surface area contributed by atoms with Gasteiger partial charge < -0.3 is 5.32 Å². The Morgan fingerprint density at radius 2 is 2.08 bits per heavy atom. The van der Waals surface area contributed by atoms with Gasteiger partial charge in [0.1, 0.15) is 0 Å². The van der Waals surface area contributed by atoms with Crippen molar-refractivity contribution in [1.82, 2.24) is 25.2 Å². The number of piperidine rings is 1. The van der Waals surface area contributed by atoms with Gasteiger partial charge in [-0.05, 0) is 80.9 Å². The molecule has 1 N–H and O–H groups in total. The Bertz CT molecular complexity index is 700. The van der Waals surface area contributed by atoms with Crippen molar-refractivity contribution < 1.29 is 0 Å². The molecule has 2 aliphatic rings. The number of rotatable bonds is 5. The van der Waals surface area contributed by atoms with Gasteiger partial charge >= 0.3 is 0 Å². The highest BCUT2D eigenvalue weighted by Crippen LogP contribution is 2.56. The number of halogens is 1. The van der Waals surface area contributed by atoms with Crippen LogP contribution in [0.1, 0.15) is 51.3 Å². The van der Waals surface area contributed by atoms with Gasteiger partial charge in [0, 0.05) is 19.1 Å². The van der Waals surface area contributed by atoms with Crippen molar-refractivity contribution in [2.75, 3.05) is 13.1 Å². The van der Waals surface area contributed by atoms with Crippen LogP contribution in [-0.4, -0.2) is 39.0 Å². The van der Waals surface area contributed by atoms with Crippen LogP contribution in [0, 0.1) is 5.41 Å². The molecule has 0 bridgehead atoms. The van der Waals surface area contributed by atoms with Crippen LogP contribution in [0.3, 0.4) is 0 Å². The summed E-state index contributed by atoms with van der Waals surface area (Å²) in [6.07, 6.45) is 6.09. The van der Waals surface area contributed by atoms with Gasteiger partial charge in [0.25, 0.3) is 0 Å². The third-order valence-corrected chi connectivity index (χ3v) is 6.48. The lowest BCUT2D eigenvalue weighted by Gasteiger charge is -2.29. The van der Waals surface area contributed by atoms with E-state index in [2.05, 4.69) is 64.3 Å². The molecule has 0 aromatic carbocycles. The second-order valence-electron chi connectivity index (χ2n) is 8.69. The molecular formula is C19H30ClN5S. The van der Waals surface area contributed by atoms with Crippen LogP contribution in [-0.2, 0) is 18.6 Å². The maximum absolute atomic E-state index is 4.46. The molecule has 2 fully saturated rings. The number of aromatic nitrogens is 3. The Kier molecular flexibility index (Phi) is 5.78. The fraction of sp³-hybridized carbons (Fsp3) is 0.684. The molecular weight excluding hydrogens is 366 g/mol. The summed E-state index contributed by atoms with van der Waals surface area (Å²) < 4.78 is 1.98. The van der Waals surface area contributed by atoms with Gasteiger partial charge in [0.05, 0.1) is 17.4 Å². The molecule has 1 aliphatic carbocycles. The average Bonchev–Trinajstić information content (AvgIpc) is 3.00. The SMILES string of the molecule is CC(C)(C)n1cc(CN(Cc2ccsc2)C2CC23CCNCC3)nn1.Cl. The number of nitrogens with one attached hydrogen (secondary N) is 1. The number of thiophene rings is 1. The van der Waals surface area contributed by atoms with Crippen molar-refractivity contribution in [3.8, 4) is 0 Å². The van der Waals surface area contributed by atoms with E-state index in [1.807, 2.05) is 4.68 Å². The molecule has 26 heavy (non-hydrogen) atoms. The topological polar surface area (TPSA) is 46.0 Å². The lowest BCUT2D eigenvalue weighted by molar-refractivity contribution is 0.186. The van der Waals surface area contributed by atoms with E-state index in [0.29, 0.717) is 11.5 Å². The molecule has 1 spiro atoms. The fourth-order valence-corrected chi connectivity index (χ4v) is 4.76. The monoisotopic (exact) mass is 395 g/mol. The highest BCUT2D eigenvalue weighted by Gasteiger charge is 2.56. The van der Waals surface area contributed by atoms with E-state index >= 15 is 0 Å². The molecule has 1 unspecified atom stereocenters. The van der Waals surface area contributed by atoms with Crippen LogP contribution in [0.4, 0.5) is 0 Å². The van der Waals surface area contributed by atoms with E-state index in [-0.39, 0.29) is 17.9 Å². The molecule has 2 aromatic heterocycles. The first kappa shape index (κ1) is 19.8. The molecule has 1 aliphatic heterocycles. The Morgan fingerprint density at radius 1 is 1.31 bits per heavy atom. The van der Waals surface area contributed by atoms with E-state index in [1.54, 1.807) is 11.3 Å². The van der Waals surface area contributed by atoms with Gasteiger partial charge in [-0.15, -0.1) is 17.5 Å².